The fraction of sp³-hybridized carbons (Fsp3) is 1.00. The third kappa shape index (κ3) is 8.80. The van der Waals surface area contributed by atoms with Crippen molar-refractivity contribution in [3.8, 4) is 0 Å². The van der Waals surface area contributed by atoms with Gasteiger partial charge in [0.05, 0.1) is 17.8 Å². The van der Waals surface area contributed by atoms with E-state index >= 15 is 0 Å². The summed E-state index contributed by atoms with van der Waals surface area (Å²) in [5.74, 6) is 1.76. The normalized spacial score (nSPS) is 19.4. The molecule has 0 aromatic heterocycles. The van der Waals surface area contributed by atoms with E-state index in [1.165, 1.54) is 32.4 Å². The Balaban J connectivity index is 2.23. The molecule has 1 N–H and O–H groups in total. The van der Waals surface area contributed by atoms with Crippen LogP contribution in [-0.2, 0) is 4.74 Å². The average Bonchev–Trinajstić information content (AvgIpc) is 2.35. The van der Waals surface area contributed by atoms with Gasteiger partial charge in [0, 0.05) is 6.54 Å². The first-order chi connectivity index (χ1) is 9.57. The Kier molecular flexibility index (Phi) is 7.15. The maximum absolute atomic E-state index is 9.76. The van der Waals surface area contributed by atoms with Gasteiger partial charge in [-0.2, -0.15) is 0 Å². The molecule has 1 aliphatic rings. The van der Waals surface area contributed by atoms with Gasteiger partial charge >= 0.3 is 0 Å². The summed E-state index contributed by atoms with van der Waals surface area (Å²) in [4.78, 5) is 2.58. The van der Waals surface area contributed by atoms with Gasteiger partial charge in [0.2, 0.25) is 0 Å². The molecule has 1 rings (SSSR count). The standard InChI is InChI=1S/C18H37NO2/c1-15(2)13-16-7-10-19(11-8-16)12-9-18(5,6)21-14-17(3,4)20/h15-16,20H,7-14H2,1-6H3. The molecule has 1 heterocycles. The van der Waals surface area contributed by atoms with Gasteiger partial charge in [-0.05, 0) is 78.3 Å². The molecule has 3 nitrogen and oxygen atoms in total. The lowest BCUT2D eigenvalue weighted by molar-refractivity contribution is -0.0966. The lowest BCUT2D eigenvalue weighted by atomic mass is 9.88. The first-order valence-corrected chi connectivity index (χ1v) is 8.66. The van der Waals surface area contributed by atoms with Gasteiger partial charge in [-0.15, -0.1) is 0 Å². The predicted molar refractivity (Wildman–Crippen MR) is 89.6 cm³/mol. The SMILES string of the molecule is CC(C)CC1CCN(CCC(C)(C)OCC(C)(C)O)CC1. The van der Waals surface area contributed by atoms with Gasteiger partial charge < -0.3 is 14.7 Å². The molecule has 21 heavy (non-hydrogen) atoms. The lowest BCUT2D eigenvalue weighted by Crippen LogP contribution is -2.40. The van der Waals surface area contributed by atoms with Gasteiger partial charge in [0.1, 0.15) is 0 Å². The Labute approximate surface area is 132 Å². The van der Waals surface area contributed by atoms with E-state index < -0.39 is 5.60 Å². The average molecular weight is 299 g/mol. The van der Waals surface area contributed by atoms with Crippen LogP contribution in [0.5, 0.6) is 0 Å². The number of rotatable bonds is 8. The number of hydrogen-bond acceptors (Lipinski definition) is 3. The highest BCUT2D eigenvalue weighted by atomic mass is 16.5. The third-order valence-electron chi connectivity index (χ3n) is 4.36. The first kappa shape index (κ1) is 18.9. The van der Waals surface area contributed by atoms with Crippen LogP contribution in [0, 0.1) is 11.8 Å². The van der Waals surface area contributed by atoms with Gasteiger partial charge in [0.15, 0.2) is 0 Å². The summed E-state index contributed by atoms with van der Waals surface area (Å²) in [6.07, 6.45) is 5.11. The van der Waals surface area contributed by atoms with Crippen LogP contribution in [0.15, 0.2) is 0 Å². The molecule has 0 aromatic carbocycles. The van der Waals surface area contributed by atoms with E-state index in [-0.39, 0.29) is 5.60 Å². The molecule has 0 atom stereocenters. The topological polar surface area (TPSA) is 32.7 Å². The number of likely N-dealkylation sites (tertiary alicyclic amines) is 1. The molecule has 0 saturated carbocycles. The number of nitrogens with zero attached hydrogens (tertiary/aromatic N) is 1. The Bertz CT molecular complexity index is 286. The maximum Gasteiger partial charge on any atom is 0.0824 e. The molecule has 1 fully saturated rings. The van der Waals surface area contributed by atoms with Crippen LogP contribution in [-0.4, -0.2) is 47.4 Å². The van der Waals surface area contributed by atoms with Crippen molar-refractivity contribution in [2.45, 2.75) is 78.4 Å². The molecule has 0 unspecified atom stereocenters. The fourth-order valence-electron chi connectivity index (χ4n) is 2.98. The molecule has 0 amide bonds. The zero-order valence-corrected chi connectivity index (χ0v) is 15.1. The Morgan fingerprint density at radius 3 is 2.19 bits per heavy atom. The van der Waals surface area contributed by atoms with Gasteiger partial charge in [-0.25, -0.2) is 0 Å². The third-order valence-corrected chi connectivity index (χ3v) is 4.36. The minimum atomic E-state index is -0.744. The summed E-state index contributed by atoms with van der Waals surface area (Å²) in [5.41, 5.74) is -0.902. The summed E-state index contributed by atoms with van der Waals surface area (Å²) in [6, 6.07) is 0. The zero-order chi connectivity index (χ0) is 16.1. The molecule has 0 spiro atoms. The molecule has 0 aliphatic carbocycles. The van der Waals surface area contributed by atoms with Crippen molar-refractivity contribution < 1.29 is 9.84 Å². The van der Waals surface area contributed by atoms with E-state index in [2.05, 4.69) is 32.6 Å². The fourth-order valence-corrected chi connectivity index (χ4v) is 2.98. The van der Waals surface area contributed by atoms with E-state index in [4.69, 9.17) is 4.74 Å². The van der Waals surface area contributed by atoms with Crippen LogP contribution in [0.4, 0.5) is 0 Å². The number of ether oxygens (including phenoxy) is 1. The summed E-state index contributed by atoms with van der Waals surface area (Å²) < 4.78 is 5.88. The van der Waals surface area contributed by atoms with E-state index in [9.17, 15) is 5.11 Å². The number of aliphatic hydroxyl groups is 1. The quantitative estimate of drug-likeness (QED) is 0.742. The summed E-state index contributed by atoms with van der Waals surface area (Å²) >= 11 is 0. The van der Waals surface area contributed by atoms with Crippen LogP contribution in [0.1, 0.15) is 67.2 Å². The van der Waals surface area contributed by atoms with Crippen molar-refractivity contribution in [1.29, 1.82) is 0 Å². The van der Waals surface area contributed by atoms with Crippen molar-refractivity contribution in [2.24, 2.45) is 11.8 Å². The summed E-state index contributed by atoms with van der Waals surface area (Å²) in [6.45, 7) is 16.5. The molecule has 126 valence electrons. The second-order valence-electron chi connectivity index (χ2n) is 8.53. The predicted octanol–water partition coefficient (Wildman–Crippen LogP) is 3.70. The van der Waals surface area contributed by atoms with E-state index in [1.54, 1.807) is 13.8 Å². The molecule has 3 heteroatoms. The molecule has 1 saturated heterocycles. The zero-order valence-electron chi connectivity index (χ0n) is 15.1. The van der Waals surface area contributed by atoms with E-state index in [0.29, 0.717) is 6.61 Å². The maximum atomic E-state index is 9.76. The highest BCUT2D eigenvalue weighted by Crippen LogP contribution is 2.25. The Hall–Kier alpha value is -0.120. The van der Waals surface area contributed by atoms with Gasteiger partial charge in [0.25, 0.3) is 0 Å². The van der Waals surface area contributed by atoms with Crippen LogP contribution in [0.3, 0.4) is 0 Å². The van der Waals surface area contributed by atoms with E-state index in [0.717, 1.165) is 24.8 Å². The summed E-state index contributed by atoms with van der Waals surface area (Å²) in [7, 11) is 0. The van der Waals surface area contributed by atoms with Crippen LogP contribution < -0.4 is 0 Å². The molecular weight excluding hydrogens is 262 g/mol. The lowest BCUT2D eigenvalue weighted by Gasteiger charge is -2.35. The Morgan fingerprint density at radius 1 is 1.14 bits per heavy atom. The van der Waals surface area contributed by atoms with Crippen LogP contribution in [0.2, 0.25) is 0 Å². The minimum absolute atomic E-state index is 0.158. The highest BCUT2D eigenvalue weighted by Gasteiger charge is 2.25. The van der Waals surface area contributed by atoms with Crippen LogP contribution >= 0.6 is 0 Å². The van der Waals surface area contributed by atoms with Gasteiger partial charge in [-0.3, -0.25) is 0 Å². The number of hydrogen-bond donors (Lipinski definition) is 1. The molecule has 0 aromatic rings. The van der Waals surface area contributed by atoms with Crippen molar-refractivity contribution in [2.75, 3.05) is 26.2 Å². The smallest absolute Gasteiger partial charge is 0.0824 e. The highest BCUT2D eigenvalue weighted by molar-refractivity contribution is 4.78. The molecule has 0 radical (unpaired) electrons. The van der Waals surface area contributed by atoms with Crippen molar-refractivity contribution >= 4 is 0 Å². The summed E-state index contributed by atoms with van der Waals surface area (Å²) in [5, 5.41) is 9.76. The number of piperidine rings is 1. The molecule has 1 aliphatic heterocycles. The second-order valence-corrected chi connectivity index (χ2v) is 8.53. The van der Waals surface area contributed by atoms with Gasteiger partial charge in [-0.1, -0.05) is 13.8 Å². The van der Waals surface area contributed by atoms with Crippen LogP contribution in [0.25, 0.3) is 0 Å². The minimum Gasteiger partial charge on any atom is -0.388 e. The van der Waals surface area contributed by atoms with Crippen molar-refractivity contribution in [3.05, 3.63) is 0 Å². The largest absolute Gasteiger partial charge is 0.388 e. The van der Waals surface area contributed by atoms with E-state index in [1.807, 2.05) is 0 Å². The Morgan fingerprint density at radius 2 is 1.71 bits per heavy atom. The second kappa shape index (κ2) is 7.94. The van der Waals surface area contributed by atoms with Crippen molar-refractivity contribution in [1.82, 2.24) is 4.90 Å². The van der Waals surface area contributed by atoms with Crippen molar-refractivity contribution in [3.63, 3.8) is 0 Å². The first-order valence-electron chi connectivity index (χ1n) is 8.66. The molecule has 0 bridgehead atoms. The monoisotopic (exact) mass is 299 g/mol. The molecular formula is C18H37NO2.